The molecule has 0 bridgehead atoms. The highest BCUT2D eigenvalue weighted by molar-refractivity contribution is 7.93. The molecule has 2 saturated heterocycles. The van der Waals surface area contributed by atoms with Crippen LogP contribution in [0.25, 0.3) is 12.2 Å². The zero-order valence-corrected chi connectivity index (χ0v) is 25.8. The number of para-hydroxylation sites is 1. The number of pyridine rings is 1. The first-order chi connectivity index (χ1) is 21.0. The molecule has 8 nitrogen and oxygen atoms in total. The first kappa shape index (κ1) is 30.9. The van der Waals surface area contributed by atoms with Crippen molar-refractivity contribution in [3.63, 3.8) is 0 Å². The van der Waals surface area contributed by atoms with Crippen LogP contribution in [-0.2, 0) is 14.8 Å². The van der Waals surface area contributed by atoms with Crippen molar-refractivity contribution in [3.8, 4) is 5.75 Å². The molecule has 3 aromatic rings. The minimum Gasteiger partial charge on any atom is -0.497 e. The first-order valence-electron chi connectivity index (χ1n) is 15.3. The predicted octanol–water partition coefficient (Wildman–Crippen LogP) is 5.71. The van der Waals surface area contributed by atoms with Gasteiger partial charge in [-0.2, -0.15) is 0 Å². The largest absolute Gasteiger partial charge is 0.497 e. The Morgan fingerprint density at radius 1 is 0.930 bits per heavy atom. The van der Waals surface area contributed by atoms with E-state index in [0.717, 1.165) is 42.3 Å². The van der Waals surface area contributed by atoms with Crippen LogP contribution in [0.3, 0.4) is 0 Å². The molecule has 2 aromatic carbocycles. The zero-order valence-electron chi connectivity index (χ0n) is 25.0. The molecule has 2 aliphatic rings. The summed E-state index contributed by atoms with van der Waals surface area (Å²) in [6, 6.07) is 17.7. The third-order valence-electron chi connectivity index (χ3n) is 8.47. The number of benzene rings is 2. The first-order valence-corrected chi connectivity index (χ1v) is 16.8. The quantitative estimate of drug-likeness (QED) is 0.278. The standard InChI is InChI=1S/C34H42N4O4S/c1-42-31-13-15-32(16-14-31)43(40,41)38(33-9-4-3-8-29(33)12-11-28-17-21-35-22-18-28)34(39)10-7-23-36-26-19-30(20-27-36)37-24-5-2-6-25-37/h3-4,8-9,11-18,21-22,30H,2,5-7,10,19-20,23-27H2,1H3/b12-11+. The van der Waals surface area contributed by atoms with Gasteiger partial charge in [0.2, 0.25) is 5.91 Å². The molecule has 2 fully saturated rings. The molecule has 0 spiro atoms. The fourth-order valence-corrected chi connectivity index (χ4v) is 7.55. The summed E-state index contributed by atoms with van der Waals surface area (Å²) in [5.41, 5.74) is 1.88. The van der Waals surface area contributed by atoms with Gasteiger partial charge in [-0.15, -0.1) is 0 Å². The highest BCUT2D eigenvalue weighted by Crippen LogP contribution is 2.31. The highest BCUT2D eigenvalue weighted by Gasteiger charge is 2.32. The van der Waals surface area contributed by atoms with Crippen molar-refractivity contribution in [1.82, 2.24) is 14.8 Å². The number of carbonyl (C=O) groups is 1. The minimum atomic E-state index is -4.19. The van der Waals surface area contributed by atoms with Crippen LogP contribution in [-0.4, -0.2) is 75.0 Å². The Hall–Kier alpha value is -3.53. The number of aromatic nitrogens is 1. The van der Waals surface area contributed by atoms with Gasteiger partial charge in [0, 0.05) is 24.9 Å². The number of hydrogen-bond donors (Lipinski definition) is 0. The zero-order chi connectivity index (χ0) is 30.1. The Morgan fingerprint density at radius 3 is 2.33 bits per heavy atom. The van der Waals surface area contributed by atoms with Crippen LogP contribution in [0.4, 0.5) is 5.69 Å². The third-order valence-corrected chi connectivity index (χ3v) is 10.2. The van der Waals surface area contributed by atoms with E-state index in [1.807, 2.05) is 36.4 Å². The van der Waals surface area contributed by atoms with Crippen molar-refractivity contribution in [3.05, 3.63) is 84.2 Å². The summed E-state index contributed by atoms with van der Waals surface area (Å²) in [4.78, 5) is 23.0. The van der Waals surface area contributed by atoms with Crippen molar-refractivity contribution in [2.75, 3.05) is 44.1 Å². The maximum atomic E-state index is 14.1. The van der Waals surface area contributed by atoms with Gasteiger partial charge in [0.25, 0.3) is 10.0 Å². The molecule has 43 heavy (non-hydrogen) atoms. The predicted molar refractivity (Wildman–Crippen MR) is 171 cm³/mol. The van der Waals surface area contributed by atoms with Crippen LogP contribution in [0.5, 0.6) is 5.75 Å². The molecule has 0 aliphatic carbocycles. The SMILES string of the molecule is COc1ccc(S(=O)(=O)N(C(=O)CCCN2CCC(N3CCCCC3)CC2)c2ccccc2/C=C/c2ccncc2)cc1. The van der Waals surface area contributed by atoms with Crippen molar-refractivity contribution >= 4 is 33.8 Å². The lowest BCUT2D eigenvalue weighted by Gasteiger charge is -2.40. The number of ether oxygens (including phenoxy) is 1. The fourth-order valence-electron chi connectivity index (χ4n) is 6.07. The molecule has 0 saturated carbocycles. The van der Waals surface area contributed by atoms with Gasteiger partial charge in [0.1, 0.15) is 5.75 Å². The summed E-state index contributed by atoms with van der Waals surface area (Å²) in [5.74, 6) is 0.102. The molecule has 228 valence electrons. The van der Waals surface area contributed by atoms with E-state index in [-0.39, 0.29) is 11.3 Å². The Morgan fingerprint density at radius 2 is 1.63 bits per heavy atom. The van der Waals surface area contributed by atoms with Crippen LogP contribution >= 0.6 is 0 Å². The van der Waals surface area contributed by atoms with E-state index in [1.165, 1.54) is 51.6 Å². The minimum absolute atomic E-state index is 0.0364. The van der Waals surface area contributed by atoms with Crippen LogP contribution in [0, 0.1) is 0 Å². The molecular formula is C34H42N4O4S. The Labute approximate surface area is 256 Å². The Kier molecular flexibility index (Phi) is 10.6. The average Bonchev–Trinajstić information content (AvgIpc) is 3.05. The number of anilines is 1. The summed E-state index contributed by atoms with van der Waals surface area (Å²) in [6.07, 6.45) is 14.1. The average molecular weight is 603 g/mol. The second-order valence-corrected chi connectivity index (χ2v) is 13.1. The lowest BCUT2D eigenvalue weighted by atomic mass is 10.00. The number of methoxy groups -OCH3 is 1. The number of carbonyl (C=O) groups excluding carboxylic acids is 1. The van der Waals surface area contributed by atoms with Gasteiger partial charge < -0.3 is 14.5 Å². The normalized spacial score (nSPS) is 17.2. The second-order valence-electron chi connectivity index (χ2n) is 11.3. The summed E-state index contributed by atoms with van der Waals surface area (Å²) in [5, 5.41) is 0. The van der Waals surface area contributed by atoms with E-state index < -0.39 is 15.9 Å². The maximum absolute atomic E-state index is 14.1. The molecule has 9 heteroatoms. The highest BCUT2D eigenvalue weighted by atomic mass is 32.2. The summed E-state index contributed by atoms with van der Waals surface area (Å²) < 4.78 is 34.3. The van der Waals surface area contributed by atoms with E-state index in [1.54, 1.807) is 36.7 Å². The van der Waals surface area contributed by atoms with Gasteiger partial charge >= 0.3 is 0 Å². The molecule has 0 radical (unpaired) electrons. The molecular weight excluding hydrogens is 560 g/mol. The summed E-state index contributed by atoms with van der Waals surface area (Å²) >= 11 is 0. The van der Waals surface area contributed by atoms with Gasteiger partial charge in [0.05, 0.1) is 17.7 Å². The van der Waals surface area contributed by atoms with E-state index in [0.29, 0.717) is 29.5 Å². The molecule has 0 N–H and O–H groups in total. The smallest absolute Gasteiger partial charge is 0.270 e. The Balaban J connectivity index is 1.32. The monoisotopic (exact) mass is 602 g/mol. The van der Waals surface area contributed by atoms with Gasteiger partial charge in [0.15, 0.2) is 0 Å². The lowest BCUT2D eigenvalue weighted by Crippen LogP contribution is -2.47. The van der Waals surface area contributed by atoms with E-state index in [2.05, 4.69) is 14.8 Å². The Bertz CT molecular complexity index is 1460. The summed E-state index contributed by atoms with van der Waals surface area (Å²) in [6.45, 7) is 5.25. The number of nitrogens with zero attached hydrogens (tertiary/aromatic N) is 4. The van der Waals surface area contributed by atoms with Gasteiger partial charge in [-0.05, 0) is 118 Å². The number of piperidine rings is 2. The van der Waals surface area contributed by atoms with Gasteiger partial charge in [-0.1, -0.05) is 36.8 Å². The molecule has 0 unspecified atom stereocenters. The molecule has 1 aromatic heterocycles. The second kappa shape index (κ2) is 14.8. The van der Waals surface area contributed by atoms with E-state index >= 15 is 0 Å². The van der Waals surface area contributed by atoms with Crippen LogP contribution < -0.4 is 9.04 Å². The van der Waals surface area contributed by atoms with Crippen molar-refractivity contribution < 1.29 is 17.9 Å². The summed E-state index contributed by atoms with van der Waals surface area (Å²) in [7, 11) is -2.66. The number of likely N-dealkylation sites (tertiary alicyclic amines) is 2. The lowest BCUT2D eigenvalue weighted by molar-refractivity contribution is -0.117. The fraction of sp³-hybridized carbons (Fsp3) is 0.412. The van der Waals surface area contributed by atoms with E-state index in [4.69, 9.17) is 4.74 Å². The topological polar surface area (TPSA) is 83.0 Å². The van der Waals surface area contributed by atoms with Crippen LogP contribution in [0.15, 0.2) is 78.0 Å². The number of amides is 1. The van der Waals surface area contributed by atoms with Crippen molar-refractivity contribution in [2.24, 2.45) is 0 Å². The van der Waals surface area contributed by atoms with E-state index in [9.17, 15) is 13.2 Å². The third kappa shape index (κ3) is 7.90. The number of hydrogen-bond acceptors (Lipinski definition) is 7. The maximum Gasteiger partial charge on any atom is 0.270 e. The molecule has 1 amide bonds. The molecule has 5 rings (SSSR count). The number of rotatable bonds is 11. The molecule has 2 aliphatic heterocycles. The molecule has 0 atom stereocenters. The number of sulfonamides is 1. The van der Waals surface area contributed by atoms with Crippen LogP contribution in [0.2, 0.25) is 0 Å². The van der Waals surface area contributed by atoms with Crippen molar-refractivity contribution in [1.29, 1.82) is 0 Å². The van der Waals surface area contributed by atoms with Gasteiger partial charge in [-0.25, -0.2) is 12.7 Å². The molecule has 3 heterocycles. The van der Waals surface area contributed by atoms with Gasteiger partial charge in [-0.3, -0.25) is 9.78 Å². The van der Waals surface area contributed by atoms with Crippen molar-refractivity contribution in [2.45, 2.75) is 55.9 Å². The van der Waals surface area contributed by atoms with Crippen LogP contribution in [0.1, 0.15) is 56.1 Å².